The Bertz CT molecular complexity index is 457. The first kappa shape index (κ1) is 12.7. The fourth-order valence-corrected chi connectivity index (χ4v) is 2.53. The van der Waals surface area contributed by atoms with Crippen LogP contribution < -0.4 is 5.32 Å². The Kier molecular flexibility index (Phi) is 3.32. The zero-order valence-corrected chi connectivity index (χ0v) is 11.7. The van der Waals surface area contributed by atoms with Gasteiger partial charge in [-0.05, 0) is 31.4 Å². The molecule has 0 aliphatic carbocycles. The molecule has 0 saturated carbocycles. The van der Waals surface area contributed by atoms with E-state index < -0.39 is 0 Å². The summed E-state index contributed by atoms with van der Waals surface area (Å²) in [7, 11) is 1.94. The fourth-order valence-electron chi connectivity index (χ4n) is 2.32. The lowest BCUT2D eigenvalue weighted by atomic mass is 9.79. The first-order valence-corrected chi connectivity index (χ1v) is 6.40. The van der Waals surface area contributed by atoms with Gasteiger partial charge in [0.1, 0.15) is 0 Å². The van der Waals surface area contributed by atoms with Crippen LogP contribution in [0.25, 0.3) is 6.08 Å². The molecule has 1 aromatic rings. The van der Waals surface area contributed by atoms with Crippen LogP contribution in [0.4, 0.5) is 0 Å². The van der Waals surface area contributed by atoms with Gasteiger partial charge >= 0.3 is 0 Å². The second-order valence-electron chi connectivity index (χ2n) is 5.39. The predicted molar refractivity (Wildman–Crippen MR) is 72.2 cm³/mol. The molecule has 0 spiro atoms. The normalized spacial score (nSPS) is 22.1. The third-order valence-corrected chi connectivity index (χ3v) is 3.98. The molecule has 0 radical (unpaired) electrons. The number of nitrogens with zero attached hydrogens (tertiary/aromatic N) is 2. The van der Waals surface area contributed by atoms with Crippen LogP contribution in [-0.4, -0.2) is 22.9 Å². The Morgan fingerprint density at radius 3 is 2.71 bits per heavy atom. The van der Waals surface area contributed by atoms with Crippen LogP contribution >= 0.6 is 11.6 Å². The van der Waals surface area contributed by atoms with Gasteiger partial charge in [-0.15, -0.1) is 0 Å². The van der Waals surface area contributed by atoms with Crippen molar-refractivity contribution >= 4 is 17.7 Å². The lowest BCUT2D eigenvalue weighted by Gasteiger charge is -2.33. The van der Waals surface area contributed by atoms with E-state index in [9.17, 15) is 0 Å². The largest absolute Gasteiger partial charge is 0.316 e. The maximum Gasteiger partial charge on any atom is 0.0888 e. The van der Waals surface area contributed by atoms with Crippen LogP contribution in [0.5, 0.6) is 0 Å². The second-order valence-corrected chi connectivity index (χ2v) is 5.77. The summed E-state index contributed by atoms with van der Waals surface area (Å²) in [6.07, 6.45) is 3.29. The van der Waals surface area contributed by atoms with E-state index in [4.69, 9.17) is 11.6 Å². The number of aryl methyl sites for hydroxylation is 2. The molecule has 0 amide bonds. The topological polar surface area (TPSA) is 29.9 Å². The van der Waals surface area contributed by atoms with Crippen LogP contribution in [0.3, 0.4) is 0 Å². The number of piperidine rings is 1. The SMILES string of the molecule is Cc1nn(C)c(/C=C2/CCNCC2(C)C)c1Cl. The van der Waals surface area contributed by atoms with E-state index in [-0.39, 0.29) is 5.41 Å². The molecule has 1 aromatic heterocycles. The van der Waals surface area contributed by atoms with Crippen LogP contribution in [-0.2, 0) is 7.05 Å². The smallest absolute Gasteiger partial charge is 0.0888 e. The Morgan fingerprint density at radius 1 is 1.47 bits per heavy atom. The van der Waals surface area contributed by atoms with E-state index in [1.165, 1.54) is 5.57 Å². The van der Waals surface area contributed by atoms with E-state index in [1.807, 2.05) is 18.7 Å². The highest BCUT2D eigenvalue weighted by Gasteiger charge is 2.26. The number of aromatic nitrogens is 2. The van der Waals surface area contributed by atoms with Gasteiger partial charge in [-0.25, -0.2) is 0 Å². The molecule has 0 unspecified atom stereocenters. The highest BCUT2D eigenvalue weighted by atomic mass is 35.5. The summed E-state index contributed by atoms with van der Waals surface area (Å²) in [6.45, 7) is 8.54. The number of halogens is 1. The lowest BCUT2D eigenvalue weighted by molar-refractivity contribution is 0.360. The van der Waals surface area contributed by atoms with Crippen LogP contribution in [0.15, 0.2) is 5.57 Å². The van der Waals surface area contributed by atoms with Gasteiger partial charge in [0.25, 0.3) is 0 Å². The minimum atomic E-state index is 0.194. The van der Waals surface area contributed by atoms with Crippen molar-refractivity contribution in [1.82, 2.24) is 15.1 Å². The molecule has 1 N–H and O–H groups in total. The maximum absolute atomic E-state index is 6.28. The third-order valence-electron chi connectivity index (χ3n) is 3.51. The van der Waals surface area contributed by atoms with Crippen molar-refractivity contribution in [1.29, 1.82) is 0 Å². The van der Waals surface area contributed by atoms with Gasteiger partial charge < -0.3 is 5.32 Å². The van der Waals surface area contributed by atoms with E-state index in [0.717, 1.165) is 35.9 Å². The Hall–Kier alpha value is -0.800. The molecule has 3 nitrogen and oxygen atoms in total. The molecule has 4 heteroatoms. The van der Waals surface area contributed by atoms with Crippen LogP contribution in [0, 0.1) is 12.3 Å². The second kappa shape index (κ2) is 4.46. The van der Waals surface area contributed by atoms with Gasteiger partial charge in [0.2, 0.25) is 0 Å². The molecule has 0 bridgehead atoms. The van der Waals surface area contributed by atoms with Gasteiger partial charge in [0.15, 0.2) is 0 Å². The fraction of sp³-hybridized carbons (Fsp3) is 0.615. The summed E-state index contributed by atoms with van der Waals surface area (Å²) in [5, 5.41) is 8.55. The van der Waals surface area contributed by atoms with E-state index in [1.54, 1.807) is 0 Å². The van der Waals surface area contributed by atoms with Gasteiger partial charge in [-0.1, -0.05) is 31.0 Å². The van der Waals surface area contributed by atoms with Crippen molar-refractivity contribution in [2.45, 2.75) is 27.2 Å². The first-order valence-electron chi connectivity index (χ1n) is 6.02. The van der Waals surface area contributed by atoms with E-state index in [2.05, 4.69) is 30.3 Å². The molecule has 1 aliphatic rings. The monoisotopic (exact) mass is 253 g/mol. The van der Waals surface area contributed by atoms with Crippen molar-refractivity contribution in [3.05, 3.63) is 22.0 Å². The molecular formula is C13H20ClN3. The first-order chi connectivity index (χ1) is 7.92. The molecule has 1 saturated heterocycles. The van der Waals surface area contributed by atoms with E-state index in [0.29, 0.717) is 0 Å². The van der Waals surface area contributed by atoms with Crippen LogP contribution in [0.2, 0.25) is 5.02 Å². The summed E-state index contributed by atoms with van der Waals surface area (Å²) < 4.78 is 1.86. The average Bonchev–Trinajstić information content (AvgIpc) is 2.47. The number of hydrogen-bond acceptors (Lipinski definition) is 2. The van der Waals surface area contributed by atoms with Crippen molar-refractivity contribution in [2.24, 2.45) is 12.5 Å². The summed E-state index contributed by atoms with van der Waals surface area (Å²) in [5.41, 5.74) is 3.56. The molecular weight excluding hydrogens is 234 g/mol. The van der Waals surface area contributed by atoms with Crippen LogP contribution in [0.1, 0.15) is 31.7 Å². The van der Waals surface area contributed by atoms with Gasteiger partial charge in [0, 0.05) is 13.6 Å². The Labute approximate surface area is 108 Å². The molecule has 94 valence electrons. The minimum Gasteiger partial charge on any atom is -0.316 e. The Balaban J connectivity index is 2.41. The predicted octanol–water partition coefficient (Wildman–Crippen LogP) is 2.78. The summed E-state index contributed by atoms with van der Waals surface area (Å²) >= 11 is 6.28. The van der Waals surface area contributed by atoms with Gasteiger partial charge in [-0.3, -0.25) is 4.68 Å². The minimum absolute atomic E-state index is 0.194. The number of nitrogens with one attached hydrogen (secondary N) is 1. The molecule has 1 fully saturated rings. The van der Waals surface area contributed by atoms with Crippen molar-refractivity contribution in [3.63, 3.8) is 0 Å². The number of hydrogen-bond donors (Lipinski definition) is 1. The highest BCUT2D eigenvalue weighted by Crippen LogP contribution is 2.33. The van der Waals surface area contributed by atoms with E-state index >= 15 is 0 Å². The zero-order valence-electron chi connectivity index (χ0n) is 11.0. The molecule has 17 heavy (non-hydrogen) atoms. The Morgan fingerprint density at radius 2 is 2.18 bits per heavy atom. The molecule has 1 aliphatic heterocycles. The van der Waals surface area contributed by atoms with Crippen molar-refractivity contribution in [3.8, 4) is 0 Å². The quantitative estimate of drug-likeness (QED) is 0.834. The average molecular weight is 254 g/mol. The van der Waals surface area contributed by atoms with Crippen molar-refractivity contribution < 1.29 is 0 Å². The molecule has 0 aromatic carbocycles. The van der Waals surface area contributed by atoms with Gasteiger partial charge in [-0.2, -0.15) is 5.10 Å². The summed E-state index contributed by atoms with van der Waals surface area (Å²) in [6, 6.07) is 0. The lowest BCUT2D eigenvalue weighted by Crippen LogP contribution is -2.37. The summed E-state index contributed by atoms with van der Waals surface area (Å²) in [5.74, 6) is 0. The highest BCUT2D eigenvalue weighted by molar-refractivity contribution is 6.32. The van der Waals surface area contributed by atoms with Crippen molar-refractivity contribution in [2.75, 3.05) is 13.1 Å². The number of rotatable bonds is 1. The standard InChI is InChI=1S/C13H20ClN3/c1-9-12(14)11(17(4)16-9)7-10-5-6-15-8-13(10,2)3/h7,15H,5-6,8H2,1-4H3/b10-7-. The maximum atomic E-state index is 6.28. The zero-order chi connectivity index (χ0) is 12.6. The van der Waals surface area contributed by atoms with Gasteiger partial charge in [0.05, 0.1) is 16.4 Å². The third kappa shape index (κ3) is 2.40. The molecule has 2 heterocycles. The summed E-state index contributed by atoms with van der Waals surface area (Å²) in [4.78, 5) is 0. The molecule has 2 rings (SSSR count). The molecule has 0 atom stereocenters.